The van der Waals surface area contributed by atoms with Gasteiger partial charge in [0.05, 0.1) is 4.83 Å². The first-order valence-electron chi connectivity index (χ1n) is 8.29. The molecule has 5 fully saturated rings. The summed E-state index contributed by atoms with van der Waals surface area (Å²) in [7, 11) is 0. The summed E-state index contributed by atoms with van der Waals surface area (Å²) in [5, 5.41) is 0. The summed E-state index contributed by atoms with van der Waals surface area (Å²) >= 11 is 3.61. The zero-order chi connectivity index (χ0) is 14.2. The highest BCUT2D eigenvalue weighted by Gasteiger charge is 2.62. The van der Waals surface area contributed by atoms with Crippen LogP contribution in [0.2, 0.25) is 0 Å². The summed E-state index contributed by atoms with van der Waals surface area (Å²) in [5.74, 6) is 1.25. The van der Waals surface area contributed by atoms with Gasteiger partial charge >= 0.3 is 0 Å². The highest BCUT2D eigenvalue weighted by Crippen LogP contribution is 2.67. The van der Waals surface area contributed by atoms with Crippen molar-refractivity contribution < 1.29 is 4.79 Å². The first-order valence-corrected chi connectivity index (χ1v) is 9.21. The van der Waals surface area contributed by atoms with Crippen LogP contribution in [-0.4, -0.2) is 27.7 Å². The van der Waals surface area contributed by atoms with Crippen LogP contribution in [-0.2, 0) is 4.79 Å². The standard InChI is InChI=1S/C17H26BrNO/c1-15-6-12-7-16(2,9-15)11-17(8-12,10-15)19-5-3-4-13(18)14(19)20/h12-13H,3-11H2,1-2H3. The van der Waals surface area contributed by atoms with Crippen LogP contribution in [0.1, 0.15) is 65.2 Å². The Balaban J connectivity index is 1.72. The van der Waals surface area contributed by atoms with Crippen molar-refractivity contribution in [2.24, 2.45) is 16.7 Å². The van der Waals surface area contributed by atoms with Gasteiger partial charge in [-0.15, -0.1) is 0 Å². The third kappa shape index (κ3) is 1.84. The van der Waals surface area contributed by atoms with Gasteiger partial charge < -0.3 is 4.90 Å². The number of amides is 1. The molecule has 0 aromatic rings. The topological polar surface area (TPSA) is 20.3 Å². The van der Waals surface area contributed by atoms with Crippen molar-refractivity contribution >= 4 is 21.8 Å². The molecule has 3 atom stereocenters. The fourth-order valence-corrected chi connectivity index (χ4v) is 7.56. The lowest BCUT2D eigenvalue weighted by Gasteiger charge is -2.68. The molecule has 2 nitrogen and oxygen atoms in total. The average Bonchev–Trinajstić information content (AvgIpc) is 2.27. The predicted molar refractivity (Wildman–Crippen MR) is 83.8 cm³/mol. The van der Waals surface area contributed by atoms with Gasteiger partial charge in [-0.05, 0) is 68.1 Å². The Bertz CT molecular complexity index is 444. The van der Waals surface area contributed by atoms with E-state index in [1.54, 1.807) is 0 Å². The number of piperidine rings is 1. The van der Waals surface area contributed by atoms with Gasteiger partial charge in [0, 0.05) is 12.1 Å². The predicted octanol–water partition coefficient (Wildman–Crippen LogP) is 4.12. The molecule has 20 heavy (non-hydrogen) atoms. The van der Waals surface area contributed by atoms with Crippen LogP contribution < -0.4 is 0 Å². The van der Waals surface area contributed by atoms with Crippen molar-refractivity contribution in [1.29, 1.82) is 0 Å². The summed E-state index contributed by atoms with van der Waals surface area (Å²) in [6.45, 7) is 5.98. The van der Waals surface area contributed by atoms with Crippen molar-refractivity contribution in [1.82, 2.24) is 4.90 Å². The van der Waals surface area contributed by atoms with Gasteiger partial charge in [-0.25, -0.2) is 0 Å². The van der Waals surface area contributed by atoms with E-state index in [4.69, 9.17) is 0 Å². The fraction of sp³-hybridized carbons (Fsp3) is 0.941. The second kappa shape index (κ2) is 4.02. The van der Waals surface area contributed by atoms with Crippen molar-refractivity contribution in [2.75, 3.05) is 6.54 Å². The molecule has 3 unspecified atom stereocenters. The molecular weight excluding hydrogens is 314 g/mol. The van der Waals surface area contributed by atoms with E-state index in [0.29, 0.717) is 16.7 Å². The quantitative estimate of drug-likeness (QED) is 0.658. The number of carbonyl (C=O) groups excluding carboxylic acids is 1. The smallest absolute Gasteiger partial charge is 0.236 e. The molecule has 5 rings (SSSR count). The van der Waals surface area contributed by atoms with E-state index in [9.17, 15) is 4.79 Å². The number of halogens is 1. The third-order valence-electron chi connectivity index (χ3n) is 6.54. The molecule has 5 aliphatic rings. The van der Waals surface area contributed by atoms with Gasteiger partial charge in [0.15, 0.2) is 0 Å². The Morgan fingerprint density at radius 1 is 1.10 bits per heavy atom. The zero-order valence-electron chi connectivity index (χ0n) is 12.8. The second-order valence-corrected chi connectivity index (χ2v) is 10.1. The minimum Gasteiger partial charge on any atom is -0.336 e. The van der Waals surface area contributed by atoms with Crippen LogP contribution in [0, 0.1) is 16.7 Å². The number of hydrogen-bond donors (Lipinski definition) is 0. The maximum absolute atomic E-state index is 12.7. The molecule has 112 valence electrons. The van der Waals surface area contributed by atoms with Crippen molar-refractivity contribution in [3.05, 3.63) is 0 Å². The summed E-state index contributed by atoms with van der Waals surface area (Å²) in [6.07, 6.45) is 10.2. The monoisotopic (exact) mass is 339 g/mol. The lowest BCUT2D eigenvalue weighted by molar-refractivity contribution is -0.177. The molecule has 4 bridgehead atoms. The van der Waals surface area contributed by atoms with Gasteiger partial charge in [-0.2, -0.15) is 0 Å². The van der Waals surface area contributed by atoms with Crippen molar-refractivity contribution in [3.8, 4) is 0 Å². The lowest BCUT2D eigenvalue weighted by atomic mass is 9.42. The summed E-state index contributed by atoms with van der Waals surface area (Å²) in [4.78, 5) is 15.1. The fourth-order valence-electron chi connectivity index (χ4n) is 6.99. The van der Waals surface area contributed by atoms with Crippen LogP contribution in [0.5, 0.6) is 0 Å². The Morgan fingerprint density at radius 2 is 1.75 bits per heavy atom. The maximum Gasteiger partial charge on any atom is 0.236 e. The van der Waals surface area contributed by atoms with E-state index in [-0.39, 0.29) is 10.4 Å². The van der Waals surface area contributed by atoms with E-state index in [1.807, 2.05) is 0 Å². The molecule has 4 aliphatic carbocycles. The molecule has 1 heterocycles. The van der Waals surface area contributed by atoms with E-state index in [0.717, 1.165) is 18.9 Å². The first-order chi connectivity index (χ1) is 9.33. The minimum absolute atomic E-state index is 0.0740. The number of rotatable bonds is 1. The summed E-state index contributed by atoms with van der Waals surface area (Å²) in [6, 6.07) is 0. The molecule has 0 N–H and O–H groups in total. The van der Waals surface area contributed by atoms with E-state index in [1.165, 1.54) is 44.9 Å². The molecular formula is C17H26BrNO. The number of alkyl halides is 1. The van der Waals surface area contributed by atoms with E-state index >= 15 is 0 Å². The number of nitrogens with zero attached hydrogens (tertiary/aromatic N) is 1. The van der Waals surface area contributed by atoms with Crippen LogP contribution in [0.25, 0.3) is 0 Å². The van der Waals surface area contributed by atoms with Gasteiger partial charge in [0.1, 0.15) is 0 Å². The normalized spacial score (nSPS) is 54.5. The Kier molecular flexibility index (Phi) is 2.74. The molecule has 3 heteroatoms. The Morgan fingerprint density at radius 3 is 2.35 bits per heavy atom. The number of likely N-dealkylation sites (tertiary alicyclic amines) is 1. The second-order valence-electron chi connectivity index (χ2n) is 8.95. The third-order valence-corrected chi connectivity index (χ3v) is 7.39. The molecule has 0 aromatic carbocycles. The van der Waals surface area contributed by atoms with Crippen LogP contribution in [0.4, 0.5) is 0 Å². The average molecular weight is 340 g/mol. The van der Waals surface area contributed by atoms with Gasteiger partial charge in [0.25, 0.3) is 0 Å². The number of carbonyl (C=O) groups is 1. The first kappa shape index (κ1) is 13.6. The molecule has 0 radical (unpaired) electrons. The van der Waals surface area contributed by atoms with E-state index in [2.05, 4.69) is 34.7 Å². The molecule has 1 amide bonds. The van der Waals surface area contributed by atoms with Crippen molar-refractivity contribution in [2.45, 2.75) is 75.6 Å². The molecule has 1 saturated heterocycles. The Labute approximate surface area is 130 Å². The van der Waals surface area contributed by atoms with Gasteiger partial charge in [-0.3, -0.25) is 4.79 Å². The molecule has 0 spiro atoms. The maximum atomic E-state index is 12.7. The minimum atomic E-state index is 0.0740. The van der Waals surface area contributed by atoms with Crippen LogP contribution in [0.3, 0.4) is 0 Å². The zero-order valence-corrected chi connectivity index (χ0v) is 14.3. The SMILES string of the molecule is CC12CC3CC(C)(C1)CC(N1CCCC(Br)C1=O)(C3)C2. The largest absolute Gasteiger partial charge is 0.336 e. The summed E-state index contributed by atoms with van der Waals surface area (Å²) < 4.78 is 0. The van der Waals surface area contributed by atoms with Gasteiger partial charge in [-0.1, -0.05) is 29.8 Å². The number of hydrogen-bond acceptors (Lipinski definition) is 1. The molecule has 0 aromatic heterocycles. The van der Waals surface area contributed by atoms with Gasteiger partial charge in [0.2, 0.25) is 5.91 Å². The molecule has 1 aliphatic heterocycles. The van der Waals surface area contributed by atoms with Crippen LogP contribution >= 0.6 is 15.9 Å². The summed E-state index contributed by atoms with van der Waals surface area (Å²) in [5.41, 5.74) is 1.19. The highest BCUT2D eigenvalue weighted by molar-refractivity contribution is 9.10. The lowest BCUT2D eigenvalue weighted by Crippen LogP contribution is -2.67. The van der Waals surface area contributed by atoms with E-state index < -0.39 is 0 Å². The van der Waals surface area contributed by atoms with Crippen molar-refractivity contribution in [3.63, 3.8) is 0 Å². The molecule has 4 saturated carbocycles. The van der Waals surface area contributed by atoms with Crippen LogP contribution in [0.15, 0.2) is 0 Å². The Hall–Kier alpha value is -0.0500. The highest BCUT2D eigenvalue weighted by atomic mass is 79.9.